The van der Waals surface area contributed by atoms with E-state index in [9.17, 15) is 0 Å². The molecule has 5 heteroatoms. The summed E-state index contributed by atoms with van der Waals surface area (Å²) in [5, 5.41) is 0. The van der Waals surface area contributed by atoms with E-state index in [0.717, 1.165) is 25.7 Å². The van der Waals surface area contributed by atoms with Crippen molar-refractivity contribution in [2.45, 2.75) is 78.4 Å². The zero-order valence-corrected chi connectivity index (χ0v) is 14.6. The van der Waals surface area contributed by atoms with Gasteiger partial charge in [-0.2, -0.15) is 0 Å². The second-order valence-electron chi connectivity index (χ2n) is 5.67. The summed E-state index contributed by atoms with van der Waals surface area (Å²) in [5.41, 5.74) is -2.98. The van der Waals surface area contributed by atoms with Crippen molar-refractivity contribution in [1.82, 2.24) is 0 Å². The van der Waals surface area contributed by atoms with Crippen molar-refractivity contribution in [3.63, 3.8) is 0 Å². The van der Waals surface area contributed by atoms with Gasteiger partial charge in [0.25, 0.3) is 0 Å². The van der Waals surface area contributed by atoms with Crippen molar-refractivity contribution < 1.29 is 9.05 Å². The molecule has 0 aromatic heterocycles. The standard InChI is InChI=1S/C12H27O2PS2/c1-7-9-11(3,4)13-15(16,17)14-12(5,6)10-8-2/h7-10H2,1-6H3,(H,16,17). The van der Waals surface area contributed by atoms with E-state index in [2.05, 4.69) is 26.1 Å². The normalized spacial score (nSPS) is 14.1. The first-order chi connectivity index (χ1) is 7.54. The molecule has 0 fully saturated rings. The molecule has 0 heterocycles. The summed E-state index contributed by atoms with van der Waals surface area (Å²) in [5.74, 6) is 0. The molecule has 0 saturated heterocycles. The lowest BCUT2D eigenvalue weighted by Gasteiger charge is -2.35. The molecular formula is C12H27O2PS2. The lowest BCUT2D eigenvalue weighted by molar-refractivity contribution is 0.0509. The molecule has 0 radical (unpaired) electrons. The third-order valence-electron chi connectivity index (χ3n) is 2.43. The van der Waals surface area contributed by atoms with Crippen molar-refractivity contribution in [2.24, 2.45) is 0 Å². The summed E-state index contributed by atoms with van der Waals surface area (Å²) in [6.07, 6.45) is 4.05. The fourth-order valence-corrected chi connectivity index (χ4v) is 5.94. The fraction of sp³-hybridized carbons (Fsp3) is 1.00. The molecule has 0 aliphatic heterocycles. The molecule has 0 bridgehead atoms. The van der Waals surface area contributed by atoms with Crippen molar-refractivity contribution in [1.29, 1.82) is 0 Å². The first kappa shape index (κ1) is 17.9. The van der Waals surface area contributed by atoms with Crippen LogP contribution in [-0.2, 0) is 20.9 Å². The number of thiol groups is 1. The van der Waals surface area contributed by atoms with Crippen molar-refractivity contribution in [2.75, 3.05) is 0 Å². The summed E-state index contributed by atoms with van der Waals surface area (Å²) < 4.78 is 11.8. The van der Waals surface area contributed by atoms with Crippen molar-refractivity contribution in [3.8, 4) is 0 Å². The van der Waals surface area contributed by atoms with Gasteiger partial charge in [0.15, 0.2) is 0 Å². The molecule has 17 heavy (non-hydrogen) atoms. The number of rotatable bonds is 8. The minimum absolute atomic E-state index is 0.256. The smallest absolute Gasteiger partial charge is 0.245 e. The quantitative estimate of drug-likeness (QED) is 0.482. The molecule has 0 atom stereocenters. The first-order valence-electron chi connectivity index (χ1n) is 6.28. The zero-order chi connectivity index (χ0) is 13.7. The Morgan fingerprint density at radius 3 is 1.47 bits per heavy atom. The van der Waals surface area contributed by atoms with E-state index in [1.54, 1.807) is 0 Å². The van der Waals surface area contributed by atoms with Crippen LogP contribution >= 0.6 is 17.9 Å². The maximum absolute atomic E-state index is 5.92. The van der Waals surface area contributed by atoms with Crippen LogP contribution in [0.4, 0.5) is 0 Å². The highest BCUT2D eigenvalue weighted by Gasteiger charge is 2.31. The van der Waals surface area contributed by atoms with Crippen LogP contribution in [0.2, 0.25) is 0 Å². The van der Waals surface area contributed by atoms with E-state index in [1.807, 2.05) is 27.7 Å². The average molecular weight is 298 g/mol. The molecule has 0 rings (SSSR count). The predicted octanol–water partition coefficient (Wildman–Crippen LogP) is 5.33. The minimum Gasteiger partial charge on any atom is -0.316 e. The van der Waals surface area contributed by atoms with Crippen LogP contribution in [0.25, 0.3) is 0 Å². The molecule has 0 unspecified atom stereocenters. The highest BCUT2D eigenvalue weighted by molar-refractivity contribution is 8.60. The molecular weight excluding hydrogens is 271 g/mol. The van der Waals surface area contributed by atoms with Crippen LogP contribution in [0.1, 0.15) is 67.2 Å². The zero-order valence-electron chi connectivity index (χ0n) is 11.9. The van der Waals surface area contributed by atoms with Gasteiger partial charge < -0.3 is 9.05 Å². The monoisotopic (exact) mass is 298 g/mol. The van der Waals surface area contributed by atoms with Crippen LogP contribution in [0.5, 0.6) is 0 Å². The molecule has 0 spiro atoms. The third kappa shape index (κ3) is 8.61. The van der Waals surface area contributed by atoms with Gasteiger partial charge in [-0.25, -0.2) is 0 Å². The molecule has 0 amide bonds. The summed E-state index contributed by atoms with van der Waals surface area (Å²) in [7, 11) is 0. The van der Waals surface area contributed by atoms with Gasteiger partial charge >= 0.3 is 0 Å². The summed E-state index contributed by atoms with van der Waals surface area (Å²) >= 11 is 9.84. The van der Waals surface area contributed by atoms with Gasteiger partial charge in [0.2, 0.25) is 5.69 Å². The number of hydrogen-bond donors (Lipinski definition) is 1. The molecule has 0 aliphatic rings. The Labute approximate surface area is 117 Å². The Bertz CT molecular complexity index is 254. The minimum atomic E-state index is -2.47. The first-order valence-corrected chi connectivity index (χ1v) is 10.1. The lowest BCUT2D eigenvalue weighted by Crippen LogP contribution is -2.26. The highest BCUT2D eigenvalue weighted by Crippen LogP contribution is 2.59. The third-order valence-corrected chi connectivity index (χ3v) is 4.82. The van der Waals surface area contributed by atoms with Crippen LogP contribution < -0.4 is 0 Å². The van der Waals surface area contributed by atoms with Crippen LogP contribution in [0.3, 0.4) is 0 Å². The predicted molar refractivity (Wildman–Crippen MR) is 83.4 cm³/mol. The average Bonchev–Trinajstić information content (AvgIpc) is 1.96. The Hall–Kier alpha value is 0.920. The Balaban J connectivity index is 4.53. The summed E-state index contributed by atoms with van der Waals surface area (Å²) in [6.45, 7) is 12.5. The Morgan fingerprint density at radius 2 is 1.24 bits per heavy atom. The van der Waals surface area contributed by atoms with Crippen LogP contribution in [-0.4, -0.2) is 11.2 Å². The topological polar surface area (TPSA) is 18.5 Å². The molecule has 2 nitrogen and oxygen atoms in total. The fourth-order valence-electron chi connectivity index (χ4n) is 1.94. The van der Waals surface area contributed by atoms with E-state index >= 15 is 0 Å². The van der Waals surface area contributed by atoms with Crippen LogP contribution in [0, 0.1) is 0 Å². The molecule has 104 valence electrons. The molecule has 0 aromatic carbocycles. The highest BCUT2D eigenvalue weighted by atomic mass is 32.9. The van der Waals surface area contributed by atoms with Gasteiger partial charge in [0.1, 0.15) is 0 Å². The Morgan fingerprint density at radius 1 is 0.941 bits per heavy atom. The molecule has 0 aliphatic carbocycles. The van der Waals surface area contributed by atoms with Crippen molar-refractivity contribution >= 4 is 29.7 Å². The van der Waals surface area contributed by atoms with Gasteiger partial charge in [0, 0.05) is 0 Å². The Kier molecular flexibility index (Phi) is 7.28. The van der Waals surface area contributed by atoms with E-state index in [-0.39, 0.29) is 11.2 Å². The molecule has 0 aromatic rings. The molecule has 0 N–H and O–H groups in total. The van der Waals surface area contributed by atoms with Crippen molar-refractivity contribution in [3.05, 3.63) is 0 Å². The lowest BCUT2D eigenvalue weighted by atomic mass is 10.0. The van der Waals surface area contributed by atoms with Gasteiger partial charge in [-0.1, -0.05) is 38.9 Å². The number of hydrogen-bond acceptors (Lipinski definition) is 3. The van der Waals surface area contributed by atoms with Gasteiger partial charge in [-0.3, -0.25) is 0 Å². The van der Waals surface area contributed by atoms with E-state index in [1.165, 1.54) is 0 Å². The van der Waals surface area contributed by atoms with E-state index < -0.39 is 5.69 Å². The largest absolute Gasteiger partial charge is 0.316 e. The SMILES string of the molecule is CCCC(C)(C)OP(=S)(S)OC(C)(C)CCC. The maximum Gasteiger partial charge on any atom is 0.245 e. The van der Waals surface area contributed by atoms with E-state index in [0.29, 0.717) is 0 Å². The second-order valence-corrected chi connectivity index (χ2v) is 10.8. The maximum atomic E-state index is 5.92. The molecule has 0 saturated carbocycles. The van der Waals surface area contributed by atoms with Crippen LogP contribution in [0.15, 0.2) is 0 Å². The summed E-state index contributed by atoms with van der Waals surface area (Å²) in [6, 6.07) is 0. The second kappa shape index (κ2) is 6.91. The summed E-state index contributed by atoms with van der Waals surface area (Å²) in [4.78, 5) is 0. The van der Waals surface area contributed by atoms with E-state index in [4.69, 9.17) is 20.9 Å². The van der Waals surface area contributed by atoms with Gasteiger partial charge in [0.05, 0.1) is 11.2 Å². The van der Waals surface area contributed by atoms with Gasteiger partial charge in [-0.05, 0) is 52.3 Å². The van der Waals surface area contributed by atoms with Gasteiger partial charge in [-0.15, -0.1) is 0 Å².